The number of anilines is 1. The van der Waals surface area contributed by atoms with Crippen LogP contribution < -0.4 is 10.1 Å². The molecule has 4 aromatic rings. The monoisotopic (exact) mass is 469 g/mol. The third-order valence-electron chi connectivity index (χ3n) is 4.08. The number of nitrogens with zero attached hydrogens (tertiary/aromatic N) is 4. The van der Waals surface area contributed by atoms with Crippen molar-refractivity contribution in [3.63, 3.8) is 0 Å². The minimum Gasteiger partial charge on any atom is -0.497 e. The van der Waals surface area contributed by atoms with Gasteiger partial charge in [0.1, 0.15) is 5.75 Å². The summed E-state index contributed by atoms with van der Waals surface area (Å²) in [6.07, 6.45) is 0. The molecule has 0 unspecified atom stereocenters. The van der Waals surface area contributed by atoms with E-state index in [1.54, 1.807) is 35.9 Å². The number of carbonyl (C=O) groups is 1. The van der Waals surface area contributed by atoms with Gasteiger partial charge >= 0.3 is 0 Å². The van der Waals surface area contributed by atoms with Crippen molar-refractivity contribution in [3.8, 4) is 17.0 Å². The van der Waals surface area contributed by atoms with Crippen molar-refractivity contribution in [1.82, 2.24) is 19.8 Å². The molecule has 7 nitrogen and oxygen atoms in total. The number of benzene rings is 2. The third-order valence-corrected chi connectivity index (χ3v) is 5.53. The lowest BCUT2D eigenvalue weighted by Gasteiger charge is -2.06. The molecule has 0 aliphatic rings. The van der Waals surface area contributed by atoms with Gasteiger partial charge in [-0.2, -0.15) is 9.61 Å². The van der Waals surface area contributed by atoms with Gasteiger partial charge in [-0.25, -0.2) is 0 Å². The third kappa shape index (κ3) is 4.57. The maximum Gasteiger partial charge on any atom is 0.234 e. The lowest BCUT2D eigenvalue weighted by Crippen LogP contribution is -2.14. The number of fused-ring (bicyclic) bond motifs is 1. The molecule has 146 valence electrons. The number of nitrogens with one attached hydrogen (secondary N) is 1. The predicted molar refractivity (Wildman–Crippen MR) is 116 cm³/mol. The number of hydrogen-bond acceptors (Lipinski definition) is 6. The molecule has 0 saturated carbocycles. The highest BCUT2D eigenvalue weighted by atomic mass is 79.9. The number of thioether (sulfide) groups is 1. The number of halogens is 1. The molecule has 2 aromatic carbocycles. The van der Waals surface area contributed by atoms with Crippen LogP contribution in [0.1, 0.15) is 0 Å². The summed E-state index contributed by atoms with van der Waals surface area (Å²) in [4.78, 5) is 12.3. The number of hydrogen-bond donors (Lipinski definition) is 1. The molecule has 2 heterocycles. The van der Waals surface area contributed by atoms with E-state index >= 15 is 0 Å². The van der Waals surface area contributed by atoms with E-state index in [-0.39, 0.29) is 11.7 Å². The van der Waals surface area contributed by atoms with E-state index in [1.165, 1.54) is 11.8 Å². The van der Waals surface area contributed by atoms with Gasteiger partial charge in [0.2, 0.25) is 11.1 Å². The Bertz CT molecular complexity index is 1150. The Morgan fingerprint density at radius 2 is 1.83 bits per heavy atom. The largest absolute Gasteiger partial charge is 0.497 e. The molecule has 1 N–H and O–H groups in total. The zero-order valence-electron chi connectivity index (χ0n) is 15.4. The average Bonchev–Trinajstić information content (AvgIpc) is 3.15. The van der Waals surface area contributed by atoms with Crippen molar-refractivity contribution in [2.24, 2.45) is 0 Å². The van der Waals surface area contributed by atoms with Crippen LogP contribution in [0, 0.1) is 0 Å². The highest BCUT2D eigenvalue weighted by molar-refractivity contribution is 9.10. The van der Waals surface area contributed by atoms with Gasteiger partial charge in [-0.1, -0.05) is 39.8 Å². The van der Waals surface area contributed by atoms with E-state index in [2.05, 4.69) is 36.5 Å². The molecule has 2 aromatic heterocycles. The van der Waals surface area contributed by atoms with Gasteiger partial charge in [0.15, 0.2) is 5.65 Å². The highest BCUT2D eigenvalue weighted by Crippen LogP contribution is 2.22. The van der Waals surface area contributed by atoms with Gasteiger partial charge < -0.3 is 10.1 Å². The second kappa shape index (κ2) is 8.62. The van der Waals surface area contributed by atoms with E-state index in [9.17, 15) is 4.79 Å². The van der Waals surface area contributed by atoms with E-state index in [0.29, 0.717) is 16.5 Å². The number of rotatable bonds is 6. The van der Waals surface area contributed by atoms with E-state index in [1.807, 2.05) is 36.4 Å². The molecular weight excluding hydrogens is 454 g/mol. The molecule has 29 heavy (non-hydrogen) atoms. The van der Waals surface area contributed by atoms with Gasteiger partial charge in [-0.15, -0.1) is 10.2 Å². The van der Waals surface area contributed by atoms with Crippen molar-refractivity contribution in [2.45, 2.75) is 5.16 Å². The Balaban J connectivity index is 1.46. The SMILES string of the molecule is COc1ccc(NC(=O)CSc2nnc3ccc(-c4ccc(Br)cc4)nn23)cc1. The summed E-state index contributed by atoms with van der Waals surface area (Å²) >= 11 is 4.72. The van der Waals surface area contributed by atoms with Crippen LogP contribution >= 0.6 is 27.7 Å². The zero-order chi connectivity index (χ0) is 20.2. The number of ether oxygens (including phenoxy) is 1. The summed E-state index contributed by atoms with van der Waals surface area (Å²) in [5.74, 6) is 0.790. The van der Waals surface area contributed by atoms with E-state index in [4.69, 9.17) is 4.74 Å². The van der Waals surface area contributed by atoms with Crippen LogP contribution in [-0.4, -0.2) is 38.6 Å². The lowest BCUT2D eigenvalue weighted by molar-refractivity contribution is -0.113. The summed E-state index contributed by atoms with van der Waals surface area (Å²) in [5, 5.41) is 16.3. The summed E-state index contributed by atoms with van der Waals surface area (Å²) in [5.41, 5.74) is 3.12. The number of aromatic nitrogens is 4. The Morgan fingerprint density at radius 1 is 1.07 bits per heavy atom. The van der Waals surface area contributed by atoms with Crippen LogP contribution in [0.25, 0.3) is 16.9 Å². The second-order valence-electron chi connectivity index (χ2n) is 6.04. The maximum atomic E-state index is 12.3. The maximum absolute atomic E-state index is 12.3. The quantitative estimate of drug-likeness (QED) is 0.424. The molecule has 0 saturated heterocycles. The van der Waals surface area contributed by atoms with E-state index < -0.39 is 0 Å². The summed E-state index contributed by atoms with van der Waals surface area (Å²) < 4.78 is 7.78. The molecule has 4 rings (SSSR count). The van der Waals surface area contributed by atoms with Crippen LogP contribution in [0.2, 0.25) is 0 Å². The Hall–Kier alpha value is -2.91. The lowest BCUT2D eigenvalue weighted by atomic mass is 10.1. The molecule has 0 radical (unpaired) electrons. The van der Waals surface area contributed by atoms with Crippen LogP contribution in [-0.2, 0) is 4.79 Å². The summed E-state index contributed by atoms with van der Waals surface area (Å²) in [6, 6.07) is 18.8. The van der Waals surface area contributed by atoms with E-state index in [0.717, 1.165) is 21.5 Å². The minimum absolute atomic E-state index is 0.138. The van der Waals surface area contributed by atoms with Gasteiger partial charge in [-0.05, 0) is 48.5 Å². The normalized spacial score (nSPS) is 10.8. The van der Waals surface area contributed by atoms with Crippen molar-refractivity contribution in [1.29, 1.82) is 0 Å². The van der Waals surface area contributed by atoms with Crippen LogP contribution in [0.4, 0.5) is 5.69 Å². The number of amides is 1. The smallest absolute Gasteiger partial charge is 0.234 e. The average molecular weight is 470 g/mol. The first-order valence-corrected chi connectivity index (χ1v) is 10.5. The van der Waals surface area contributed by atoms with Gasteiger partial charge in [0, 0.05) is 15.7 Å². The zero-order valence-corrected chi connectivity index (χ0v) is 17.8. The van der Waals surface area contributed by atoms with Gasteiger partial charge in [0.25, 0.3) is 0 Å². The summed E-state index contributed by atoms with van der Waals surface area (Å²) in [6.45, 7) is 0. The first-order chi connectivity index (χ1) is 14.1. The number of carbonyl (C=O) groups excluding carboxylic acids is 1. The number of methoxy groups -OCH3 is 1. The molecule has 0 spiro atoms. The molecule has 0 fully saturated rings. The summed E-state index contributed by atoms with van der Waals surface area (Å²) in [7, 11) is 1.60. The predicted octanol–water partition coefficient (Wildman–Crippen LogP) is 4.29. The first kappa shape index (κ1) is 19.4. The second-order valence-corrected chi connectivity index (χ2v) is 7.90. The first-order valence-electron chi connectivity index (χ1n) is 8.67. The van der Waals surface area contributed by atoms with Crippen molar-refractivity contribution >= 4 is 44.9 Å². The standard InChI is InChI=1S/C20H16BrN5O2S/c1-28-16-8-6-15(7-9-16)22-19(27)12-29-20-24-23-18-11-10-17(25-26(18)20)13-2-4-14(21)5-3-13/h2-11H,12H2,1H3,(H,22,27). The van der Waals surface area contributed by atoms with Crippen LogP contribution in [0.3, 0.4) is 0 Å². The fourth-order valence-corrected chi connectivity index (χ4v) is 3.59. The Morgan fingerprint density at radius 3 is 2.55 bits per heavy atom. The molecule has 0 atom stereocenters. The molecule has 0 bridgehead atoms. The van der Waals surface area contributed by atoms with Gasteiger partial charge in [-0.3, -0.25) is 4.79 Å². The van der Waals surface area contributed by atoms with Crippen LogP contribution in [0.5, 0.6) is 5.75 Å². The molecular formula is C20H16BrN5O2S. The van der Waals surface area contributed by atoms with Crippen LogP contribution in [0.15, 0.2) is 70.3 Å². The van der Waals surface area contributed by atoms with Crippen molar-refractivity contribution in [2.75, 3.05) is 18.2 Å². The fourth-order valence-electron chi connectivity index (χ4n) is 2.64. The Kier molecular flexibility index (Phi) is 5.77. The molecule has 0 aliphatic carbocycles. The molecule has 0 aliphatic heterocycles. The van der Waals surface area contributed by atoms with Crippen molar-refractivity contribution in [3.05, 3.63) is 65.1 Å². The molecule has 1 amide bonds. The highest BCUT2D eigenvalue weighted by Gasteiger charge is 2.12. The van der Waals surface area contributed by atoms with Crippen molar-refractivity contribution < 1.29 is 9.53 Å². The minimum atomic E-state index is -0.138. The Labute approximate surface area is 179 Å². The molecule has 9 heteroatoms. The topological polar surface area (TPSA) is 81.4 Å². The van der Waals surface area contributed by atoms with Gasteiger partial charge in [0.05, 0.1) is 18.6 Å². The fraction of sp³-hybridized carbons (Fsp3) is 0.100.